The van der Waals surface area contributed by atoms with Gasteiger partial charge in [-0.3, -0.25) is 4.79 Å². The summed E-state index contributed by atoms with van der Waals surface area (Å²) < 4.78 is 5.18. The first-order valence-corrected chi connectivity index (χ1v) is 6.42. The Morgan fingerprint density at radius 1 is 1.21 bits per heavy atom. The van der Waals surface area contributed by atoms with E-state index in [0.717, 1.165) is 6.42 Å². The van der Waals surface area contributed by atoms with Gasteiger partial charge in [0.05, 0.1) is 12.2 Å². The Bertz CT molecular complexity index is 426. The third-order valence-electron chi connectivity index (χ3n) is 2.70. The van der Waals surface area contributed by atoms with Crippen LogP contribution in [-0.2, 0) is 9.53 Å². The molecule has 1 rings (SSSR count). The quantitative estimate of drug-likeness (QED) is 0.634. The summed E-state index contributed by atoms with van der Waals surface area (Å²) in [5, 5.41) is 2.86. The number of ether oxygens (including phenoxy) is 1. The van der Waals surface area contributed by atoms with E-state index in [-0.39, 0.29) is 17.4 Å². The molecule has 0 aliphatic carbocycles. The van der Waals surface area contributed by atoms with Crippen molar-refractivity contribution in [3.8, 4) is 0 Å². The van der Waals surface area contributed by atoms with Crippen molar-refractivity contribution in [2.24, 2.45) is 0 Å². The molecule has 1 N–H and O–H groups in total. The Hall–Kier alpha value is -1.84. The van der Waals surface area contributed by atoms with Gasteiger partial charge in [-0.25, -0.2) is 4.79 Å². The van der Waals surface area contributed by atoms with Crippen LogP contribution in [0.4, 0.5) is 0 Å². The summed E-state index contributed by atoms with van der Waals surface area (Å²) in [6.45, 7) is 5.76. The van der Waals surface area contributed by atoms with Gasteiger partial charge in [-0.1, -0.05) is 18.2 Å². The molecule has 0 radical (unpaired) electrons. The van der Waals surface area contributed by atoms with Crippen molar-refractivity contribution < 1.29 is 14.3 Å². The summed E-state index contributed by atoms with van der Waals surface area (Å²) in [5.74, 6) is -0.357. The summed E-state index contributed by atoms with van der Waals surface area (Å²) in [6.07, 6.45) is 1.47. The van der Waals surface area contributed by atoms with Crippen molar-refractivity contribution in [1.82, 2.24) is 5.32 Å². The first-order valence-electron chi connectivity index (χ1n) is 6.42. The van der Waals surface area contributed by atoms with Crippen LogP contribution in [0.25, 0.3) is 0 Å². The summed E-state index contributed by atoms with van der Waals surface area (Å²) in [7, 11) is 0. The van der Waals surface area contributed by atoms with E-state index in [1.807, 2.05) is 19.9 Å². The smallest absolute Gasteiger partial charge is 0.338 e. The van der Waals surface area contributed by atoms with Crippen molar-refractivity contribution in [2.45, 2.75) is 39.2 Å². The van der Waals surface area contributed by atoms with Crippen LogP contribution >= 0.6 is 0 Å². The minimum absolute atomic E-state index is 0.0497. The molecule has 0 aromatic heterocycles. The maximum Gasteiger partial charge on any atom is 0.338 e. The van der Waals surface area contributed by atoms with Gasteiger partial charge in [0.1, 0.15) is 0 Å². The summed E-state index contributed by atoms with van der Waals surface area (Å²) in [4.78, 5) is 22.6. The zero-order valence-electron chi connectivity index (χ0n) is 11.7. The molecule has 104 valence electrons. The molecule has 0 unspecified atom stereocenters. The minimum atomic E-state index is -0.307. The lowest BCUT2D eigenvalue weighted by molar-refractivity contribution is -0.120. The molecule has 0 saturated heterocycles. The Balaban J connectivity index is 2.28. The standard InChI is InChI=1S/C15H21NO3/c1-12(17)16-15(2,3)10-7-11-19-14(18)13-8-5-4-6-9-13/h4-6,8-9H,7,10-11H2,1-3H3,(H,16,17). The fourth-order valence-electron chi connectivity index (χ4n) is 1.88. The van der Waals surface area contributed by atoms with Crippen LogP contribution in [0.15, 0.2) is 30.3 Å². The Morgan fingerprint density at radius 3 is 2.42 bits per heavy atom. The molecular formula is C15H21NO3. The highest BCUT2D eigenvalue weighted by Crippen LogP contribution is 2.11. The molecule has 1 aromatic carbocycles. The minimum Gasteiger partial charge on any atom is -0.462 e. The van der Waals surface area contributed by atoms with Gasteiger partial charge in [0.25, 0.3) is 0 Å². The molecule has 0 saturated carbocycles. The van der Waals surface area contributed by atoms with Gasteiger partial charge in [-0.05, 0) is 38.8 Å². The normalized spacial score (nSPS) is 10.9. The zero-order chi connectivity index (χ0) is 14.3. The van der Waals surface area contributed by atoms with E-state index < -0.39 is 0 Å². The summed E-state index contributed by atoms with van der Waals surface area (Å²) >= 11 is 0. The van der Waals surface area contributed by atoms with Gasteiger partial charge >= 0.3 is 5.97 Å². The molecule has 1 aromatic rings. The number of hydrogen-bond acceptors (Lipinski definition) is 3. The molecule has 19 heavy (non-hydrogen) atoms. The van der Waals surface area contributed by atoms with Crippen molar-refractivity contribution >= 4 is 11.9 Å². The summed E-state index contributed by atoms with van der Waals surface area (Å²) in [5.41, 5.74) is 0.286. The highest BCUT2D eigenvalue weighted by Gasteiger charge is 2.18. The van der Waals surface area contributed by atoms with Gasteiger partial charge in [-0.15, -0.1) is 0 Å². The van der Waals surface area contributed by atoms with Gasteiger partial charge in [0.2, 0.25) is 5.91 Å². The number of benzene rings is 1. The van der Waals surface area contributed by atoms with Crippen molar-refractivity contribution in [2.75, 3.05) is 6.61 Å². The van der Waals surface area contributed by atoms with Crippen molar-refractivity contribution in [3.05, 3.63) is 35.9 Å². The van der Waals surface area contributed by atoms with E-state index in [2.05, 4.69) is 5.32 Å². The van der Waals surface area contributed by atoms with Crippen molar-refractivity contribution in [1.29, 1.82) is 0 Å². The van der Waals surface area contributed by atoms with E-state index in [1.165, 1.54) is 6.92 Å². The lowest BCUT2D eigenvalue weighted by Crippen LogP contribution is -2.42. The number of rotatable bonds is 6. The van der Waals surface area contributed by atoms with Crippen LogP contribution in [0, 0.1) is 0 Å². The van der Waals surface area contributed by atoms with Crippen LogP contribution < -0.4 is 5.32 Å². The molecule has 0 heterocycles. The van der Waals surface area contributed by atoms with E-state index >= 15 is 0 Å². The average Bonchev–Trinajstić information content (AvgIpc) is 2.34. The maximum absolute atomic E-state index is 11.7. The molecule has 0 aliphatic rings. The molecule has 1 amide bonds. The third kappa shape index (κ3) is 6.04. The number of carbonyl (C=O) groups excluding carboxylic acids is 2. The van der Waals surface area contributed by atoms with Crippen LogP contribution in [0.5, 0.6) is 0 Å². The first-order chi connectivity index (χ1) is 8.91. The Morgan fingerprint density at radius 2 is 1.84 bits per heavy atom. The van der Waals surface area contributed by atoms with Crippen molar-refractivity contribution in [3.63, 3.8) is 0 Å². The fraction of sp³-hybridized carbons (Fsp3) is 0.467. The highest BCUT2D eigenvalue weighted by atomic mass is 16.5. The van der Waals surface area contributed by atoms with E-state index in [9.17, 15) is 9.59 Å². The van der Waals surface area contributed by atoms with Crippen LogP contribution in [-0.4, -0.2) is 24.0 Å². The number of hydrogen-bond donors (Lipinski definition) is 1. The highest BCUT2D eigenvalue weighted by molar-refractivity contribution is 5.89. The van der Waals surface area contributed by atoms with Crippen LogP contribution in [0.1, 0.15) is 44.0 Å². The molecular weight excluding hydrogens is 242 g/mol. The number of nitrogens with one attached hydrogen (secondary N) is 1. The number of esters is 1. The van der Waals surface area contributed by atoms with Gasteiger partial charge in [-0.2, -0.15) is 0 Å². The second kappa shape index (κ2) is 6.92. The lowest BCUT2D eigenvalue weighted by atomic mass is 9.99. The second-order valence-electron chi connectivity index (χ2n) is 5.17. The SMILES string of the molecule is CC(=O)NC(C)(C)CCCOC(=O)c1ccccc1. The average molecular weight is 263 g/mol. The lowest BCUT2D eigenvalue weighted by Gasteiger charge is -2.25. The summed E-state index contributed by atoms with van der Waals surface area (Å²) in [6, 6.07) is 8.91. The monoisotopic (exact) mass is 263 g/mol. The molecule has 0 spiro atoms. The fourth-order valence-corrected chi connectivity index (χ4v) is 1.88. The predicted molar refractivity (Wildman–Crippen MR) is 73.9 cm³/mol. The predicted octanol–water partition coefficient (Wildman–Crippen LogP) is 2.54. The van der Waals surface area contributed by atoms with Gasteiger partial charge in [0, 0.05) is 12.5 Å². The number of amides is 1. The molecule has 0 atom stereocenters. The van der Waals surface area contributed by atoms with Gasteiger partial charge < -0.3 is 10.1 Å². The second-order valence-corrected chi connectivity index (χ2v) is 5.17. The maximum atomic E-state index is 11.7. The molecule has 4 nitrogen and oxygen atoms in total. The van der Waals surface area contributed by atoms with E-state index in [4.69, 9.17) is 4.74 Å². The van der Waals surface area contributed by atoms with E-state index in [1.54, 1.807) is 24.3 Å². The van der Waals surface area contributed by atoms with E-state index in [0.29, 0.717) is 18.6 Å². The Kier molecular flexibility index (Phi) is 5.55. The number of carbonyl (C=O) groups is 2. The Labute approximate surface area is 114 Å². The van der Waals surface area contributed by atoms with Gasteiger partial charge in [0.15, 0.2) is 0 Å². The largest absolute Gasteiger partial charge is 0.462 e. The molecule has 0 bridgehead atoms. The third-order valence-corrected chi connectivity index (χ3v) is 2.70. The van der Waals surface area contributed by atoms with Crippen LogP contribution in [0.3, 0.4) is 0 Å². The zero-order valence-corrected chi connectivity index (χ0v) is 11.7. The molecule has 4 heteroatoms. The molecule has 0 fully saturated rings. The van der Waals surface area contributed by atoms with Crippen LogP contribution in [0.2, 0.25) is 0 Å². The topological polar surface area (TPSA) is 55.4 Å². The first kappa shape index (κ1) is 15.2. The molecule has 0 aliphatic heterocycles.